The summed E-state index contributed by atoms with van der Waals surface area (Å²) in [5, 5.41) is 5.77. The first-order valence-electron chi connectivity index (χ1n) is 7.87. The second kappa shape index (κ2) is 6.40. The van der Waals surface area contributed by atoms with Crippen LogP contribution in [0.1, 0.15) is 24.0 Å². The summed E-state index contributed by atoms with van der Waals surface area (Å²) >= 11 is 3.44. The summed E-state index contributed by atoms with van der Waals surface area (Å²) in [6.45, 7) is 3.89. The van der Waals surface area contributed by atoms with E-state index in [4.69, 9.17) is 0 Å². The van der Waals surface area contributed by atoms with Gasteiger partial charge >= 0.3 is 0 Å². The van der Waals surface area contributed by atoms with Gasteiger partial charge in [-0.25, -0.2) is 0 Å². The summed E-state index contributed by atoms with van der Waals surface area (Å²) in [6.07, 6.45) is 1.15. The van der Waals surface area contributed by atoms with Crippen LogP contribution in [0.4, 0.5) is 11.4 Å². The molecule has 2 amide bonds. The van der Waals surface area contributed by atoms with Crippen molar-refractivity contribution < 1.29 is 9.59 Å². The van der Waals surface area contributed by atoms with Crippen LogP contribution in [-0.4, -0.2) is 11.8 Å². The van der Waals surface area contributed by atoms with Gasteiger partial charge in [-0.2, -0.15) is 0 Å². The Hall–Kier alpha value is -2.14. The molecule has 0 saturated heterocycles. The average molecular weight is 387 g/mol. The van der Waals surface area contributed by atoms with Gasteiger partial charge in [0.05, 0.1) is 0 Å². The molecule has 0 atom stereocenters. The maximum atomic E-state index is 12.6. The van der Waals surface area contributed by atoms with Crippen LogP contribution in [-0.2, 0) is 9.59 Å². The molecule has 0 heterocycles. The maximum absolute atomic E-state index is 12.6. The number of anilines is 2. The fourth-order valence-corrected chi connectivity index (χ4v) is 2.86. The molecule has 0 spiro atoms. The average Bonchev–Trinajstić information content (AvgIpc) is 3.35. The predicted molar refractivity (Wildman–Crippen MR) is 99.0 cm³/mol. The van der Waals surface area contributed by atoms with E-state index in [2.05, 4.69) is 26.6 Å². The molecule has 0 aromatic heterocycles. The van der Waals surface area contributed by atoms with Crippen molar-refractivity contribution in [1.29, 1.82) is 0 Å². The smallest absolute Gasteiger partial charge is 0.240 e. The first-order chi connectivity index (χ1) is 11.4. The van der Waals surface area contributed by atoms with Gasteiger partial charge in [-0.3, -0.25) is 9.59 Å². The lowest BCUT2D eigenvalue weighted by Gasteiger charge is -2.17. The topological polar surface area (TPSA) is 58.2 Å². The molecule has 2 aromatic carbocycles. The minimum atomic E-state index is -0.955. The molecule has 4 nitrogen and oxygen atoms in total. The van der Waals surface area contributed by atoms with E-state index in [-0.39, 0.29) is 11.8 Å². The number of benzene rings is 2. The number of para-hydroxylation sites is 1. The van der Waals surface area contributed by atoms with Crippen molar-refractivity contribution in [2.75, 3.05) is 10.6 Å². The van der Waals surface area contributed by atoms with Gasteiger partial charge in [-0.1, -0.05) is 34.1 Å². The highest BCUT2D eigenvalue weighted by Crippen LogP contribution is 2.47. The molecule has 1 fully saturated rings. The molecule has 2 N–H and O–H groups in total. The number of amides is 2. The standard InChI is InChI=1S/C19H19BrN2O2/c1-12-5-3-4-6-16(12)22-18(24)19(9-10-19)17(23)21-14-7-8-15(20)13(2)11-14/h3-8,11H,9-10H2,1-2H3,(H,21,23)(H,22,24). The first-order valence-corrected chi connectivity index (χ1v) is 8.66. The van der Waals surface area contributed by atoms with Gasteiger partial charge in [0.25, 0.3) is 0 Å². The van der Waals surface area contributed by atoms with Crippen LogP contribution < -0.4 is 10.6 Å². The minimum absolute atomic E-state index is 0.233. The largest absolute Gasteiger partial charge is 0.325 e. The van der Waals surface area contributed by atoms with Gasteiger partial charge in [0, 0.05) is 15.8 Å². The number of carbonyl (C=O) groups excluding carboxylic acids is 2. The van der Waals surface area contributed by atoms with Gasteiger partial charge in [0.15, 0.2) is 0 Å². The summed E-state index contributed by atoms with van der Waals surface area (Å²) < 4.78 is 0.985. The first kappa shape index (κ1) is 16.7. The van der Waals surface area contributed by atoms with E-state index in [0.29, 0.717) is 18.5 Å². The quantitative estimate of drug-likeness (QED) is 0.763. The van der Waals surface area contributed by atoms with Crippen LogP contribution in [0.5, 0.6) is 0 Å². The number of carbonyl (C=O) groups is 2. The van der Waals surface area contributed by atoms with Crippen LogP contribution in [0.25, 0.3) is 0 Å². The van der Waals surface area contributed by atoms with Crippen molar-refractivity contribution >= 4 is 39.1 Å². The lowest BCUT2D eigenvalue weighted by Crippen LogP contribution is -2.35. The lowest BCUT2D eigenvalue weighted by atomic mass is 10.0. The Kier molecular flexibility index (Phi) is 4.45. The molecule has 3 rings (SSSR count). The third-order valence-corrected chi connectivity index (χ3v) is 5.32. The monoisotopic (exact) mass is 386 g/mol. The van der Waals surface area contributed by atoms with Gasteiger partial charge in [-0.15, -0.1) is 0 Å². The Morgan fingerprint density at radius 2 is 1.62 bits per heavy atom. The van der Waals surface area contributed by atoms with Crippen molar-refractivity contribution in [3.8, 4) is 0 Å². The van der Waals surface area contributed by atoms with E-state index in [1.165, 1.54) is 0 Å². The molecular formula is C19H19BrN2O2. The van der Waals surface area contributed by atoms with Crippen LogP contribution >= 0.6 is 15.9 Å². The zero-order valence-electron chi connectivity index (χ0n) is 13.7. The molecule has 0 bridgehead atoms. The molecular weight excluding hydrogens is 368 g/mol. The summed E-state index contributed by atoms with van der Waals surface area (Å²) in [7, 11) is 0. The molecule has 124 valence electrons. The molecule has 1 aliphatic rings. The van der Waals surface area contributed by atoms with Crippen molar-refractivity contribution in [2.45, 2.75) is 26.7 Å². The maximum Gasteiger partial charge on any atom is 0.240 e. The molecule has 0 radical (unpaired) electrons. The summed E-state index contributed by atoms with van der Waals surface area (Å²) in [6, 6.07) is 13.2. The number of nitrogens with one attached hydrogen (secondary N) is 2. The number of halogens is 1. The van der Waals surface area contributed by atoms with E-state index >= 15 is 0 Å². The van der Waals surface area contributed by atoms with Crippen LogP contribution in [0.15, 0.2) is 46.9 Å². The van der Waals surface area contributed by atoms with E-state index in [0.717, 1.165) is 21.3 Å². The Morgan fingerprint density at radius 1 is 0.958 bits per heavy atom. The van der Waals surface area contributed by atoms with Crippen molar-refractivity contribution in [2.24, 2.45) is 5.41 Å². The zero-order valence-corrected chi connectivity index (χ0v) is 15.2. The Morgan fingerprint density at radius 3 is 2.25 bits per heavy atom. The highest BCUT2D eigenvalue weighted by atomic mass is 79.9. The van der Waals surface area contributed by atoms with E-state index in [1.54, 1.807) is 0 Å². The number of hydrogen-bond acceptors (Lipinski definition) is 2. The highest BCUT2D eigenvalue weighted by molar-refractivity contribution is 9.10. The van der Waals surface area contributed by atoms with Gasteiger partial charge in [0.2, 0.25) is 11.8 Å². The van der Waals surface area contributed by atoms with E-state index in [1.807, 2.05) is 56.3 Å². The third kappa shape index (κ3) is 3.22. The fraction of sp³-hybridized carbons (Fsp3) is 0.263. The molecule has 1 saturated carbocycles. The summed E-state index contributed by atoms with van der Waals surface area (Å²) in [5.74, 6) is -0.474. The summed E-state index contributed by atoms with van der Waals surface area (Å²) in [4.78, 5) is 25.2. The molecule has 0 unspecified atom stereocenters. The lowest BCUT2D eigenvalue weighted by molar-refractivity contribution is -0.131. The molecule has 5 heteroatoms. The van der Waals surface area contributed by atoms with Gasteiger partial charge < -0.3 is 10.6 Å². The zero-order chi connectivity index (χ0) is 17.3. The number of rotatable bonds is 4. The summed E-state index contributed by atoms with van der Waals surface area (Å²) in [5.41, 5.74) is 2.51. The van der Waals surface area contributed by atoms with Gasteiger partial charge in [-0.05, 0) is 62.1 Å². The minimum Gasteiger partial charge on any atom is -0.325 e. The second-order valence-corrected chi connectivity index (χ2v) is 7.12. The Bertz CT molecular complexity index is 813. The normalized spacial score (nSPS) is 14.8. The third-order valence-electron chi connectivity index (χ3n) is 4.43. The Labute approximate surface area is 149 Å². The molecule has 0 aliphatic heterocycles. The van der Waals surface area contributed by atoms with Crippen molar-refractivity contribution in [3.63, 3.8) is 0 Å². The SMILES string of the molecule is Cc1cc(NC(=O)C2(C(=O)Nc3ccccc3C)CC2)ccc1Br. The second-order valence-electron chi connectivity index (χ2n) is 6.27. The number of aryl methyl sites for hydroxylation is 2. The van der Waals surface area contributed by atoms with Crippen molar-refractivity contribution in [1.82, 2.24) is 0 Å². The highest BCUT2D eigenvalue weighted by Gasteiger charge is 2.56. The van der Waals surface area contributed by atoms with Crippen molar-refractivity contribution in [3.05, 3.63) is 58.1 Å². The van der Waals surface area contributed by atoms with Crippen LogP contribution in [0, 0.1) is 19.3 Å². The Balaban J connectivity index is 1.73. The molecule has 24 heavy (non-hydrogen) atoms. The number of hydrogen-bond donors (Lipinski definition) is 2. The van der Waals surface area contributed by atoms with Crippen LogP contribution in [0.3, 0.4) is 0 Å². The predicted octanol–water partition coefficient (Wildman–Crippen LogP) is 4.42. The van der Waals surface area contributed by atoms with Crippen LogP contribution in [0.2, 0.25) is 0 Å². The van der Waals surface area contributed by atoms with E-state index < -0.39 is 5.41 Å². The molecule has 2 aromatic rings. The molecule has 1 aliphatic carbocycles. The fourth-order valence-electron chi connectivity index (χ4n) is 2.61. The van der Waals surface area contributed by atoms with E-state index in [9.17, 15) is 9.59 Å². The van der Waals surface area contributed by atoms with Gasteiger partial charge in [0.1, 0.15) is 5.41 Å².